The van der Waals surface area contributed by atoms with Crippen molar-refractivity contribution in [1.29, 1.82) is 0 Å². The van der Waals surface area contributed by atoms with Crippen molar-refractivity contribution >= 4 is 5.97 Å². The van der Waals surface area contributed by atoms with Gasteiger partial charge in [0.2, 0.25) is 0 Å². The second-order valence-electron chi connectivity index (χ2n) is 2.24. The van der Waals surface area contributed by atoms with Crippen molar-refractivity contribution in [1.82, 2.24) is 0 Å². The molecular weight excluding hydrogens is 160 g/mol. The lowest BCUT2D eigenvalue weighted by molar-refractivity contribution is 0.0595. The van der Waals surface area contributed by atoms with Crippen LogP contribution in [0.3, 0.4) is 0 Å². The van der Waals surface area contributed by atoms with E-state index in [1.807, 2.05) is 0 Å². The van der Waals surface area contributed by atoms with Gasteiger partial charge in [0.25, 0.3) is 0 Å². The molecule has 0 spiro atoms. The van der Waals surface area contributed by atoms with Crippen LogP contribution in [0.4, 0.5) is 0 Å². The van der Waals surface area contributed by atoms with E-state index in [0.29, 0.717) is 5.76 Å². The zero-order valence-corrected chi connectivity index (χ0v) is 6.79. The van der Waals surface area contributed by atoms with Gasteiger partial charge in [-0.15, -0.1) is 0 Å². The molecule has 64 valence electrons. The number of carbonyl (C=O) groups excluding carboxylic acids is 1. The quantitative estimate of drug-likeness (QED) is 0.580. The molecule has 4 nitrogen and oxygen atoms in total. The number of carbonyl (C=O) groups is 1. The zero-order valence-electron chi connectivity index (χ0n) is 6.79. The molecule has 12 heavy (non-hydrogen) atoms. The predicted octanol–water partition coefficient (Wildman–Crippen LogP) is 0.735. The SMILES string of the molecule is COC(=O)c1ccc(C)oc1=O. The van der Waals surface area contributed by atoms with E-state index in [9.17, 15) is 9.59 Å². The zero-order chi connectivity index (χ0) is 9.14. The number of esters is 1. The van der Waals surface area contributed by atoms with Crippen LogP contribution in [-0.2, 0) is 4.74 Å². The first-order valence-corrected chi connectivity index (χ1v) is 3.34. The molecule has 0 bridgehead atoms. The summed E-state index contributed by atoms with van der Waals surface area (Å²) >= 11 is 0. The van der Waals surface area contributed by atoms with E-state index in [1.54, 1.807) is 6.92 Å². The highest BCUT2D eigenvalue weighted by atomic mass is 16.5. The molecule has 1 heterocycles. The van der Waals surface area contributed by atoms with Crippen molar-refractivity contribution in [3.05, 3.63) is 33.9 Å². The van der Waals surface area contributed by atoms with Crippen molar-refractivity contribution in [3.63, 3.8) is 0 Å². The second kappa shape index (κ2) is 3.21. The summed E-state index contributed by atoms with van der Waals surface area (Å²) in [5, 5.41) is 0. The number of methoxy groups -OCH3 is 1. The Kier molecular flexibility index (Phi) is 2.28. The number of aryl methyl sites for hydroxylation is 1. The summed E-state index contributed by atoms with van der Waals surface area (Å²) in [6.45, 7) is 1.63. The molecule has 1 aromatic heterocycles. The van der Waals surface area contributed by atoms with Gasteiger partial charge in [0.05, 0.1) is 7.11 Å². The van der Waals surface area contributed by atoms with Crippen LogP contribution in [0.15, 0.2) is 21.3 Å². The maximum Gasteiger partial charge on any atom is 0.350 e. The number of ether oxygens (including phenoxy) is 1. The van der Waals surface area contributed by atoms with Crippen LogP contribution in [0.5, 0.6) is 0 Å². The first-order chi connectivity index (χ1) is 5.65. The van der Waals surface area contributed by atoms with Gasteiger partial charge in [0, 0.05) is 0 Å². The summed E-state index contributed by atoms with van der Waals surface area (Å²) in [7, 11) is 1.21. The third-order valence-electron chi connectivity index (χ3n) is 1.36. The maximum atomic E-state index is 11.0. The second-order valence-corrected chi connectivity index (χ2v) is 2.24. The first kappa shape index (κ1) is 8.52. The Morgan fingerprint density at radius 2 is 2.17 bits per heavy atom. The van der Waals surface area contributed by atoms with Crippen LogP contribution < -0.4 is 5.63 Å². The number of hydrogen-bond donors (Lipinski definition) is 0. The molecule has 0 radical (unpaired) electrons. The predicted molar refractivity (Wildman–Crippen MR) is 41.1 cm³/mol. The van der Waals surface area contributed by atoms with Gasteiger partial charge in [0.15, 0.2) is 0 Å². The molecule has 0 aliphatic heterocycles. The van der Waals surface area contributed by atoms with Gasteiger partial charge in [-0.2, -0.15) is 0 Å². The molecule has 0 N–H and O–H groups in total. The standard InChI is InChI=1S/C8H8O4/c1-5-3-4-6(7(9)11-2)8(10)12-5/h3-4H,1-2H3. The van der Waals surface area contributed by atoms with Crippen LogP contribution in [0.2, 0.25) is 0 Å². The van der Waals surface area contributed by atoms with E-state index in [-0.39, 0.29) is 5.56 Å². The Labute approximate surface area is 68.8 Å². The van der Waals surface area contributed by atoms with E-state index < -0.39 is 11.6 Å². The minimum atomic E-state index is -0.677. The monoisotopic (exact) mass is 168 g/mol. The molecule has 0 atom stereocenters. The fraction of sp³-hybridized carbons (Fsp3) is 0.250. The molecule has 0 aliphatic carbocycles. The van der Waals surface area contributed by atoms with E-state index in [4.69, 9.17) is 0 Å². The average molecular weight is 168 g/mol. The molecule has 4 heteroatoms. The number of hydrogen-bond acceptors (Lipinski definition) is 4. The van der Waals surface area contributed by atoms with Crippen LogP contribution in [0.1, 0.15) is 16.1 Å². The number of rotatable bonds is 1. The van der Waals surface area contributed by atoms with Crippen LogP contribution in [-0.4, -0.2) is 13.1 Å². The van der Waals surface area contributed by atoms with Gasteiger partial charge in [-0.3, -0.25) is 0 Å². The van der Waals surface area contributed by atoms with Crippen LogP contribution in [0.25, 0.3) is 0 Å². The molecule has 0 saturated heterocycles. The molecule has 1 aromatic rings. The fourth-order valence-electron chi connectivity index (χ4n) is 0.765. The minimum absolute atomic E-state index is 0.0805. The Bertz CT molecular complexity index is 350. The van der Waals surface area contributed by atoms with Gasteiger partial charge in [-0.05, 0) is 19.1 Å². The Morgan fingerprint density at radius 1 is 1.50 bits per heavy atom. The van der Waals surface area contributed by atoms with E-state index in [2.05, 4.69) is 9.15 Å². The van der Waals surface area contributed by atoms with Crippen molar-refractivity contribution in [3.8, 4) is 0 Å². The van der Waals surface area contributed by atoms with Crippen molar-refractivity contribution in [2.24, 2.45) is 0 Å². The maximum absolute atomic E-state index is 11.0. The molecule has 1 rings (SSSR count). The van der Waals surface area contributed by atoms with E-state index in [0.717, 1.165) is 0 Å². The molecule has 0 saturated carbocycles. The average Bonchev–Trinajstić information content (AvgIpc) is 2.03. The summed E-state index contributed by atoms with van der Waals surface area (Å²) < 4.78 is 9.03. The summed E-state index contributed by atoms with van der Waals surface area (Å²) in [6.07, 6.45) is 0. The fourth-order valence-corrected chi connectivity index (χ4v) is 0.765. The molecule has 0 aromatic carbocycles. The topological polar surface area (TPSA) is 56.5 Å². The van der Waals surface area contributed by atoms with E-state index in [1.165, 1.54) is 19.2 Å². The summed E-state index contributed by atoms with van der Waals surface area (Å²) in [5.41, 5.74) is -0.745. The highest BCUT2D eigenvalue weighted by molar-refractivity contribution is 5.88. The molecule has 0 fully saturated rings. The summed E-state index contributed by atoms with van der Waals surface area (Å²) in [6, 6.07) is 2.92. The van der Waals surface area contributed by atoms with Gasteiger partial charge in [-0.1, -0.05) is 0 Å². The third-order valence-corrected chi connectivity index (χ3v) is 1.36. The highest BCUT2D eigenvalue weighted by Crippen LogP contribution is 1.97. The van der Waals surface area contributed by atoms with Crippen LogP contribution in [0, 0.1) is 6.92 Å². The van der Waals surface area contributed by atoms with Gasteiger partial charge in [0.1, 0.15) is 11.3 Å². The van der Waals surface area contributed by atoms with Crippen molar-refractivity contribution < 1.29 is 13.9 Å². The van der Waals surface area contributed by atoms with Gasteiger partial charge >= 0.3 is 11.6 Å². The molecular formula is C8H8O4. The molecule has 0 unspecified atom stereocenters. The van der Waals surface area contributed by atoms with Crippen molar-refractivity contribution in [2.45, 2.75) is 6.92 Å². The first-order valence-electron chi connectivity index (χ1n) is 3.34. The lowest BCUT2D eigenvalue weighted by Crippen LogP contribution is -2.14. The normalized spacial score (nSPS) is 9.50. The Hall–Kier alpha value is -1.58. The lowest BCUT2D eigenvalue weighted by atomic mass is 10.3. The third kappa shape index (κ3) is 1.53. The smallest absolute Gasteiger partial charge is 0.350 e. The largest absolute Gasteiger partial charge is 0.465 e. The summed E-state index contributed by atoms with van der Waals surface area (Å²) in [4.78, 5) is 21.8. The van der Waals surface area contributed by atoms with Crippen LogP contribution >= 0.6 is 0 Å². The Balaban J connectivity index is 3.19. The van der Waals surface area contributed by atoms with Gasteiger partial charge < -0.3 is 9.15 Å². The summed E-state index contributed by atoms with van der Waals surface area (Å²) in [5.74, 6) is -0.212. The van der Waals surface area contributed by atoms with E-state index >= 15 is 0 Å². The molecule has 0 aliphatic rings. The van der Waals surface area contributed by atoms with Gasteiger partial charge in [-0.25, -0.2) is 9.59 Å². The Morgan fingerprint density at radius 3 is 2.67 bits per heavy atom. The van der Waals surface area contributed by atoms with Crippen molar-refractivity contribution in [2.75, 3.05) is 7.11 Å². The lowest BCUT2D eigenvalue weighted by Gasteiger charge is -1.96. The minimum Gasteiger partial charge on any atom is -0.465 e. The molecule has 0 amide bonds. The highest BCUT2D eigenvalue weighted by Gasteiger charge is 2.10.